The number of hydrogen-bond acceptors (Lipinski definition) is 5. The second-order valence-corrected chi connectivity index (χ2v) is 11.9. The first kappa shape index (κ1) is 26.2. The van der Waals surface area contributed by atoms with Crippen LogP contribution in [-0.4, -0.2) is 59.6 Å². The van der Waals surface area contributed by atoms with E-state index in [1.54, 1.807) is 40.1 Å². The SMILES string of the molecule is O=C(c1cccs1)C1C(c2ccc(Cl)cc2)C(C(=O)N2CCNCC2)N(C(=O)C2CC2)C1c1ccc(F)cc1. The standard InChI is InChI=1S/C30H29ClFN3O3S/c31-21-9-5-18(6-10-21)24-25(28(36)23-2-1-17-39-23)26(19-7-11-22(32)12-8-19)35(29(37)20-3-4-20)27(24)30(38)34-15-13-33-14-16-34/h1-2,5-12,17,20,24-27,33H,3-4,13-16H2. The van der Waals surface area contributed by atoms with Crippen LogP contribution in [0.15, 0.2) is 66.0 Å². The van der Waals surface area contributed by atoms with E-state index in [9.17, 15) is 18.8 Å². The van der Waals surface area contributed by atoms with Gasteiger partial charge in [0.1, 0.15) is 11.9 Å². The molecule has 4 atom stereocenters. The molecule has 2 saturated heterocycles. The maximum Gasteiger partial charge on any atom is 0.246 e. The number of piperazine rings is 1. The fourth-order valence-corrected chi connectivity index (χ4v) is 6.90. The molecule has 2 amide bonds. The molecule has 3 heterocycles. The lowest BCUT2D eigenvalue weighted by atomic mass is 9.77. The smallest absolute Gasteiger partial charge is 0.246 e. The van der Waals surface area contributed by atoms with E-state index in [0.29, 0.717) is 41.6 Å². The summed E-state index contributed by atoms with van der Waals surface area (Å²) in [4.78, 5) is 46.9. The van der Waals surface area contributed by atoms with Crippen LogP contribution in [0.3, 0.4) is 0 Å². The fraction of sp³-hybridized carbons (Fsp3) is 0.367. The Morgan fingerprint density at radius 3 is 2.18 bits per heavy atom. The number of amides is 2. The largest absolute Gasteiger partial charge is 0.338 e. The first-order valence-electron chi connectivity index (χ1n) is 13.3. The molecule has 202 valence electrons. The average molecular weight is 566 g/mol. The van der Waals surface area contributed by atoms with Gasteiger partial charge in [-0.3, -0.25) is 14.4 Å². The summed E-state index contributed by atoms with van der Waals surface area (Å²) >= 11 is 7.59. The molecule has 1 aliphatic carbocycles. The van der Waals surface area contributed by atoms with E-state index in [4.69, 9.17) is 11.6 Å². The zero-order valence-electron chi connectivity index (χ0n) is 21.3. The summed E-state index contributed by atoms with van der Waals surface area (Å²) in [6.07, 6.45) is 1.52. The molecule has 4 unspecified atom stereocenters. The summed E-state index contributed by atoms with van der Waals surface area (Å²) < 4.78 is 14.0. The molecule has 0 spiro atoms. The molecule has 39 heavy (non-hydrogen) atoms. The number of carbonyl (C=O) groups excluding carboxylic acids is 3. The number of likely N-dealkylation sites (tertiary alicyclic amines) is 1. The van der Waals surface area contributed by atoms with Crippen molar-refractivity contribution >= 4 is 40.5 Å². The van der Waals surface area contributed by atoms with Gasteiger partial charge in [0.15, 0.2) is 5.78 Å². The van der Waals surface area contributed by atoms with Gasteiger partial charge >= 0.3 is 0 Å². The van der Waals surface area contributed by atoms with Crippen molar-refractivity contribution in [3.63, 3.8) is 0 Å². The van der Waals surface area contributed by atoms with Crippen molar-refractivity contribution in [2.75, 3.05) is 26.2 Å². The van der Waals surface area contributed by atoms with E-state index >= 15 is 0 Å². The molecule has 0 bridgehead atoms. The first-order valence-corrected chi connectivity index (χ1v) is 14.6. The normalized spacial score (nSPS) is 25.1. The van der Waals surface area contributed by atoms with Crippen LogP contribution in [0.25, 0.3) is 0 Å². The second-order valence-electron chi connectivity index (χ2n) is 10.5. The monoisotopic (exact) mass is 565 g/mol. The second kappa shape index (κ2) is 10.8. The summed E-state index contributed by atoms with van der Waals surface area (Å²) in [5, 5.41) is 5.67. The van der Waals surface area contributed by atoms with Crippen molar-refractivity contribution in [1.29, 1.82) is 0 Å². The zero-order chi connectivity index (χ0) is 27.1. The van der Waals surface area contributed by atoms with E-state index in [0.717, 1.165) is 18.4 Å². The van der Waals surface area contributed by atoms with Crippen molar-refractivity contribution < 1.29 is 18.8 Å². The van der Waals surface area contributed by atoms with E-state index in [2.05, 4.69) is 5.32 Å². The molecule has 9 heteroatoms. The maximum atomic E-state index is 14.4. The van der Waals surface area contributed by atoms with Crippen LogP contribution in [0.1, 0.15) is 45.6 Å². The summed E-state index contributed by atoms with van der Waals surface area (Å²) in [6, 6.07) is 15.2. The Kier molecular flexibility index (Phi) is 7.27. The van der Waals surface area contributed by atoms with Crippen LogP contribution in [0.4, 0.5) is 4.39 Å². The molecule has 3 aromatic rings. The maximum absolute atomic E-state index is 14.4. The Labute approximate surface area is 235 Å². The first-order chi connectivity index (χ1) is 18.9. The van der Waals surface area contributed by atoms with Gasteiger partial charge in [-0.25, -0.2) is 4.39 Å². The van der Waals surface area contributed by atoms with E-state index in [1.165, 1.54) is 23.5 Å². The minimum Gasteiger partial charge on any atom is -0.338 e. The number of thiophene rings is 1. The van der Waals surface area contributed by atoms with Crippen molar-refractivity contribution in [3.8, 4) is 0 Å². The van der Waals surface area contributed by atoms with Gasteiger partial charge in [-0.05, 0) is 59.7 Å². The predicted octanol–water partition coefficient (Wildman–Crippen LogP) is 4.92. The molecule has 6 rings (SSSR count). The lowest BCUT2D eigenvalue weighted by Gasteiger charge is -2.36. The van der Waals surface area contributed by atoms with Crippen molar-refractivity contribution in [2.45, 2.75) is 30.8 Å². The summed E-state index contributed by atoms with van der Waals surface area (Å²) in [5.41, 5.74) is 1.43. The van der Waals surface area contributed by atoms with Crippen LogP contribution in [0, 0.1) is 17.7 Å². The highest BCUT2D eigenvalue weighted by atomic mass is 35.5. The molecule has 1 aromatic heterocycles. The third kappa shape index (κ3) is 5.01. The Bertz CT molecular complexity index is 1360. The molecular formula is C30H29ClFN3O3S. The van der Waals surface area contributed by atoms with Crippen LogP contribution in [0.2, 0.25) is 5.02 Å². The number of Topliss-reactive ketones (excluding diaryl/α,β-unsaturated/α-hetero) is 1. The van der Waals surface area contributed by atoms with Crippen LogP contribution >= 0.6 is 22.9 Å². The van der Waals surface area contributed by atoms with Crippen molar-refractivity contribution in [2.24, 2.45) is 11.8 Å². The van der Waals surface area contributed by atoms with Gasteiger partial charge in [-0.15, -0.1) is 11.3 Å². The predicted molar refractivity (Wildman–Crippen MR) is 148 cm³/mol. The van der Waals surface area contributed by atoms with Crippen LogP contribution in [-0.2, 0) is 9.59 Å². The van der Waals surface area contributed by atoms with Gasteiger partial charge in [0.05, 0.1) is 16.8 Å². The quantitative estimate of drug-likeness (QED) is 0.431. The number of rotatable bonds is 6. The van der Waals surface area contributed by atoms with E-state index < -0.39 is 29.7 Å². The minimum atomic E-state index is -0.874. The summed E-state index contributed by atoms with van der Waals surface area (Å²) in [6.45, 7) is 2.39. The van der Waals surface area contributed by atoms with Gasteiger partial charge in [0, 0.05) is 43.0 Å². The summed E-state index contributed by atoms with van der Waals surface area (Å²) in [7, 11) is 0. The zero-order valence-corrected chi connectivity index (χ0v) is 22.8. The van der Waals surface area contributed by atoms with Gasteiger partial charge in [-0.1, -0.05) is 41.9 Å². The Balaban J connectivity index is 1.56. The van der Waals surface area contributed by atoms with E-state index in [1.807, 2.05) is 23.6 Å². The summed E-state index contributed by atoms with van der Waals surface area (Å²) in [5.74, 6) is -2.30. The average Bonchev–Trinajstić information content (AvgIpc) is 3.54. The highest BCUT2D eigenvalue weighted by Crippen LogP contribution is 2.53. The van der Waals surface area contributed by atoms with Gasteiger partial charge in [0.25, 0.3) is 0 Å². The van der Waals surface area contributed by atoms with E-state index in [-0.39, 0.29) is 23.5 Å². The van der Waals surface area contributed by atoms with Crippen molar-refractivity contribution in [1.82, 2.24) is 15.1 Å². The Morgan fingerprint density at radius 1 is 0.897 bits per heavy atom. The fourth-order valence-electron chi connectivity index (χ4n) is 6.06. The van der Waals surface area contributed by atoms with Gasteiger partial charge in [0.2, 0.25) is 11.8 Å². The Hall–Kier alpha value is -3.07. The lowest BCUT2D eigenvalue weighted by Crippen LogP contribution is -2.55. The van der Waals surface area contributed by atoms with Crippen LogP contribution in [0.5, 0.6) is 0 Å². The highest BCUT2D eigenvalue weighted by Gasteiger charge is 2.59. The topological polar surface area (TPSA) is 69.7 Å². The number of carbonyl (C=O) groups is 3. The number of nitrogens with one attached hydrogen (secondary N) is 1. The van der Waals surface area contributed by atoms with Gasteiger partial charge in [-0.2, -0.15) is 0 Å². The minimum absolute atomic E-state index is 0.113. The molecule has 1 N–H and O–H groups in total. The Morgan fingerprint density at radius 2 is 1.56 bits per heavy atom. The molecule has 2 aliphatic heterocycles. The number of nitrogens with zero attached hydrogens (tertiary/aromatic N) is 2. The molecule has 6 nitrogen and oxygen atoms in total. The highest BCUT2D eigenvalue weighted by molar-refractivity contribution is 7.12. The third-order valence-electron chi connectivity index (χ3n) is 8.06. The molecule has 2 aromatic carbocycles. The van der Waals surface area contributed by atoms with Crippen molar-refractivity contribution in [3.05, 3.63) is 92.9 Å². The number of ketones is 1. The van der Waals surface area contributed by atoms with Crippen LogP contribution < -0.4 is 5.32 Å². The molecule has 1 saturated carbocycles. The van der Waals surface area contributed by atoms with Gasteiger partial charge < -0.3 is 15.1 Å². The molecule has 0 radical (unpaired) electrons. The number of benzene rings is 2. The lowest BCUT2D eigenvalue weighted by molar-refractivity contribution is -0.147. The molecule has 3 fully saturated rings. The number of halogens is 2. The molecule has 3 aliphatic rings. The third-order valence-corrected chi connectivity index (χ3v) is 9.20. The number of hydrogen-bond donors (Lipinski definition) is 1. The molecular weight excluding hydrogens is 537 g/mol.